The molecule has 6 rings (SSSR count). The molecule has 0 amide bonds. The molecule has 0 fully saturated rings. The molecule has 440 valence electrons. The molecule has 0 aliphatic carbocycles. The third-order valence-corrected chi connectivity index (χ3v) is 5.64. The lowest BCUT2D eigenvalue weighted by atomic mass is 10.2. The van der Waals surface area contributed by atoms with E-state index >= 15 is 0 Å². The zero-order chi connectivity index (χ0) is 62.7. The number of aryl methyl sites for hydroxylation is 6. The van der Waals surface area contributed by atoms with E-state index in [1.165, 1.54) is 33.4 Å². The summed E-state index contributed by atoms with van der Waals surface area (Å²) < 4.78 is 0. The zero-order valence-electron chi connectivity index (χ0n) is 58.3. The summed E-state index contributed by atoms with van der Waals surface area (Å²) in [4.78, 5) is 0. The summed E-state index contributed by atoms with van der Waals surface area (Å²) >= 11 is 0. The van der Waals surface area contributed by atoms with Crippen LogP contribution in [0.25, 0.3) is 0 Å². The largest absolute Gasteiger partial charge is 0.0683 e. The van der Waals surface area contributed by atoms with E-state index in [2.05, 4.69) is 114 Å². The van der Waals surface area contributed by atoms with Gasteiger partial charge in [0.1, 0.15) is 0 Å². The molecule has 0 aliphatic rings. The van der Waals surface area contributed by atoms with Crippen molar-refractivity contribution in [2.45, 2.75) is 263 Å². The van der Waals surface area contributed by atoms with Crippen molar-refractivity contribution in [2.75, 3.05) is 0 Å². The number of rotatable bonds is 0. The van der Waals surface area contributed by atoms with Crippen molar-refractivity contribution in [3.05, 3.63) is 215 Å². The van der Waals surface area contributed by atoms with Gasteiger partial charge in [-0.15, -0.1) is 0 Å². The van der Waals surface area contributed by atoms with Crippen molar-refractivity contribution in [3.8, 4) is 0 Å². The molecule has 6 aromatic rings. The van der Waals surface area contributed by atoms with E-state index in [0.717, 1.165) is 0 Å². The minimum atomic E-state index is 1.32. The first-order chi connectivity index (χ1) is 36.4. The quantitative estimate of drug-likeness (QED) is 0.142. The van der Waals surface area contributed by atoms with Gasteiger partial charge in [-0.25, -0.2) is 0 Å². The van der Waals surface area contributed by atoms with Gasteiger partial charge in [0.2, 0.25) is 0 Å². The van der Waals surface area contributed by atoms with Gasteiger partial charge in [0.25, 0.3) is 0 Å². The predicted octanol–water partition coefficient (Wildman–Crippen LogP) is 28.4. The zero-order valence-corrected chi connectivity index (χ0v) is 58.3. The molecule has 74 heavy (non-hydrogen) atoms. The molecular formula is C74H144. The minimum absolute atomic E-state index is 1.32. The van der Waals surface area contributed by atoms with Crippen LogP contribution in [0, 0.1) is 41.5 Å². The normalized spacial score (nSPS) is 6.24. The molecule has 0 aliphatic heterocycles. The lowest BCUT2D eigenvalue weighted by Crippen LogP contribution is -1.62. The van der Waals surface area contributed by atoms with Crippen LogP contribution < -0.4 is 0 Å². The fourth-order valence-electron chi connectivity index (χ4n) is 3.21. The highest BCUT2D eigenvalue weighted by Gasteiger charge is 1.75. The summed E-state index contributed by atoms with van der Waals surface area (Å²) in [6, 6.07) is 61.6. The van der Waals surface area contributed by atoms with Crippen LogP contribution in [-0.2, 0) is 0 Å². The average Bonchev–Trinajstić information content (AvgIpc) is 3.53. The maximum atomic E-state index is 2.08. The van der Waals surface area contributed by atoms with Crippen LogP contribution in [0.1, 0.15) is 255 Å². The Morgan fingerprint density at radius 3 is 0.189 bits per heavy atom. The standard InChI is InChI=1S/6C7H8.16C2H6/c6*1-7-5-3-2-4-6-7;16*1-2/h6*2-6H,1H3;16*1-2H3. The fraction of sp³-hybridized carbons (Fsp3) is 0.514. The molecular weight excluding hydrogens is 889 g/mol. The van der Waals surface area contributed by atoms with Crippen LogP contribution in [0.2, 0.25) is 0 Å². The van der Waals surface area contributed by atoms with E-state index in [0.29, 0.717) is 0 Å². The molecule has 0 unspecified atom stereocenters. The van der Waals surface area contributed by atoms with Gasteiger partial charge in [-0.05, 0) is 41.5 Å². The molecule has 0 N–H and O–H groups in total. The number of hydrogen-bond acceptors (Lipinski definition) is 0. The maximum absolute atomic E-state index is 2.08. The number of benzene rings is 6. The van der Waals surface area contributed by atoms with E-state index in [4.69, 9.17) is 0 Å². The third-order valence-electron chi connectivity index (χ3n) is 5.64. The van der Waals surface area contributed by atoms with Crippen molar-refractivity contribution in [2.24, 2.45) is 0 Å². The van der Waals surface area contributed by atoms with Gasteiger partial charge in [-0.1, -0.05) is 437 Å². The first kappa shape index (κ1) is 114. The molecule has 0 aromatic heterocycles. The molecule has 0 radical (unpaired) electrons. The summed E-state index contributed by atoms with van der Waals surface area (Å²) in [5, 5.41) is 0. The average molecular weight is 1030 g/mol. The Bertz CT molecular complexity index is 1070. The SMILES string of the molecule is CC.CC.CC.CC.CC.CC.CC.CC.CC.CC.CC.CC.CC.CC.CC.CC.Cc1ccccc1.Cc1ccccc1.Cc1ccccc1.Cc1ccccc1.Cc1ccccc1.Cc1ccccc1. The lowest BCUT2D eigenvalue weighted by molar-refractivity contribution is 1.48. The molecule has 0 nitrogen and oxygen atoms in total. The van der Waals surface area contributed by atoms with Crippen LogP contribution in [0.4, 0.5) is 0 Å². The summed E-state index contributed by atoms with van der Waals surface area (Å²) in [5.74, 6) is 0. The smallest absolute Gasteiger partial charge is 0.0398 e. The fourth-order valence-corrected chi connectivity index (χ4v) is 3.21. The molecule has 0 saturated carbocycles. The Hall–Kier alpha value is -4.68. The molecule has 0 atom stereocenters. The Kier molecular flexibility index (Phi) is 254. The van der Waals surface area contributed by atoms with Crippen molar-refractivity contribution in [1.82, 2.24) is 0 Å². The highest BCUT2D eigenvalue weighted by atomic mass is 13.8. The Balaban J connectivity index is -0.0000000352. The predicted molar refractivity (Wildman–Crippen MR) is 369 cm³/mol. The summed E-state index contributed by atoms with van der Waals surface area (Å²) in [6.07, 6.45) is 0. The van der Waals surface area contributed by atoms with E-state index in [9.17, 15) is 0 Å². The molecule has 0 heteroatoms. The Morgan fingerprint density at radius 1 is 0.108 bits per heavy atom. The van der Waals surface area contributed by atoms with E-state index in [1.54, 1.807) is 0 Å². The van der Waals surface area contributed by atoms with Crippen LogP contribution in [-0.4, -0.2) is 0 Å². The van der Waals surface area contributed by atoms with Gasteiger partial charge >= 0.3 is 0 Å². The van der Waals surface area contributed by atoms with Crippen molar-refractivity contribution >= 4 is 0 Å². The summed E-state index contributed by atoms with van der Waals surface area (Å²) in [6.45, 7) is 76.5. The maximum Gasteiger partial charge on any atom is -0.0398 e. The van der Waals surface area contributed by atoms with Gasteiger partial charge in [-0.2, -0.15) is 0 Å². The summed E-state index contributed by atoms with van der Waals surface area (Å²) in [7, 11) is 0. The topological polar surface area (TPSA) is 0 Å². The third kappa shape index (κ3) is 158. The monoisotopic (exact) mass is 1030 g/mol. The highest BCUT2D eigenvalue weighted by Crippen LogP contribution is 1.95. The number of hydrogen-bond donors (Lipinski definition) is 0. The molecule has 0 spiro atoms. The van der Waals surface area contributed by atoms with Gasteiger partial charge in [0.05, 0.1) is 0 Å². The van der Waals surface area contributed by atoms with Gasteiger partial charge in [0.15, 0.2) is 0 Å². The van der Waals surface area contributed by atoms with Crippen molar-refractivity contribution < 1.29 is 0 Å². The van der Waals surface area contributed by atoms with Crippen LogP contribution in [0.15, 0.2) is 182 Å². The first-order valence-corrected chi connectivity index (χ1v) is 30.5. The van der Waals surface area contributed by atoms with E-state index < -0.39 is 0 Å². The second-order valence-electron chi connectivity index (χ2n) is 9.93. The second kappa shape index (κ2) is 165. The van der Waals surface area contributed by atoms with Gasteiger partial charge < -0.3 is 0 Å². The van der Waals surface area contributed by atoms with Crippen molar-refractivity contribution in [3.63, 3.8) is 0 Å². The molecule has 0 bridgehead atoms. The van der Waals surface area contributed by atoms with Gasteiger partial charge in [0, 0.05) is 0 Å². The molecule has 0 heterocycles. The van der Waals surface area contributed by atoms with E-state index in [-0.39, 0.29) is 0 Å². The van der Waals surface area contributed by atoms with Crippen molar-refractivity contribution in [1.29, 1.82) is 0 Å². The Morgan fingerprint density at radius 2 is 0.162 bits per heavy atom. The minimum Gasteiger partial charge on any atom is -0.0683 e. The van der Waals surface area contributed by atoms with Gasteiger partial charge in [-0.3, -0.25) is 0 Å². The van der Waals surface area contributed by atoms with Crippen LogP contribution in [0.3, 0.4) is 0 Å². The lowest BCUT2D eigenvalue weighted by Gasteiger charge is -1.82. The second-order valence-corrected chi connectivity index (χ2v) is 9.93. The molecule has 6 aromatic carbocycles. The Labute approximate surface area is 476 Å². The summed E-state index contributed by atoms with van der Waals surface area (Å²) in [5.41, 5.74) is 7.93. The van der Waals surface area contributed by atoms with Crippen LogP contribution >= 0.6 is 0 Å². The first-order valence-electron chi connectivity index (χ1n) is 30.5. The molecule has 0 saturated heterocycles. The van der Waals surface area contributed by atoms with Crippen LogP contribution in [0.5, 0.6) is 0 Å². The highest BCUT2D eigenvalue weighted by molar-refractivity contribution is 5.15. The van der Waals surface area contributed by atoms with E-state index in [1.807, 2.05) is 331 Å².